The summed E-state index contributed by atoms with van der Waals surface area (Å²) >= 11 is 5.31. The summed E-state index contributed by atoms with van der Waals surface area (Å²) < 4.78 is 7.09. The number of ether oxygens (including phenoxy) is 1. The normalized spacial score (nSPS) is 25.9. The predicted octanol–water partition coefficient (Wildman–Crippen LogP) is 3.51. The van der Waals surface area contributed by atoms with Crippen LogP contribution in [-0.2, 0) is 11.3 Å². The molecule has 2 rings (SSSR count). The zero-order chi connectivity index (χ0) is 11.8. The predicted molar refractivity (Wildman–Crippen MR) is 71.9 cm³/mol. The summed E-state index contributed by atoms with van der Waals surface area (Å²) in [5, 5.41) is 2.14. The van der Waals surface area contributed by atoms with Crippen LogP contribution in [0.25, 0.3) is 0 Å². The van der Waals surface area contributed by atoms with Crippen molar-refractivity contribution in [2.75, 3.05) is 13.1 Å². The summed E-state index contributed by atoms with van der Waals surface area (Å²) in [6, 6.07) is 2.21. The van der Waals surface area contributed by atoms with Gasteiger partial charge in [-0.25, -0.2) is 0 Å². The largest absolute Gasteiger partial charge is 0.370 e. The van der Waals surface area contributed by atoms with E-state index in [0.717, 1.165) is 19.6 Å². The summed E-state index contributed by atoms with van der Waals surface area (Å²) in [7, 11) is 0. The molecule has 1 aliphatic heterocycles. The molecule has 90 valence electrons. The maximum absolute atomic E-state index is 5.90. The molecule has 0 saturated carbocycles. The van der Waals surface area contributed by atoms with Crippen LogP contribution in [0.15, 0.2) is 15.9 Å². The number of hydrogen-bond acceptors (Lipinski definition) is 3. The van der Waals surface area contributed by atoms with Gasteiger partial charge in [-0.1, -0.05) is 0 Å². The lowest BCUT2D eigenvalue weighted by atomic mass is 10.1. The molecule has 2 heterocycles. The fourth-order valence-electron chi connectivity index (χ4n) is 2.36. The van der Waals surface area contributed by atoms with Crippen molar-refractivity contribution in [1.82, 2.24) is 4.90 Å². The molecule has 1 aromatic rings. The fraction of sp³-hybridized carbons (Fsp3) is 0.667. The van der Waals surface area contributed by atoms with Crippen LogP contribution < -0.4 is 0 Å². The van der Waals surface area contributed by atoms with E-state index in [4.69, 9.17) is 4.74 Å². The number of rotatable bonds is 2. The van der Waals surface area contributed by atoms with Crippen LogP contribution in [0.5, 0.6) is 0 Å². The summed E-state index contributed by atoms with van der Waals surface area (Å²) in [5.41, 5.74) is -0.0217. The smallest absolute Gasteiger partial charge is 0.0757 e. The van der Waals surface area contributed by atoms with Crippen LogP contribution in [0.4, 0.5) is 0 Å². The topological polar surface area (TPSA) is 12.5 Å². The van der Waals surface area contributed by atoms with Gasteiger partial charge in [0.05, 0.1) is 11.7 Å². The van der Waals surface area contributed by atoms with Gasteiger partial charge in [0.25, 0.3) is 0 Å². The number of morpholine rings is 1. The van der Waals surface area contributed by atoms with Gasteiger partial charge in [0.2, 0.25) is 0 Å². The van der Waals surface area contributed by atoms with E-state index in [9.17, 15) is 0 Å². The van der Waals surface area contributed by atoms with Crippen molar-refractivity contribution >= 4 is 27.3 Å². The van der Waals surface area contributed by atoms with E-state index in [1.807, 2.05) is 11.3 Å². The standard InChI is InChI=1S/C12H18BrNOS/c1-9-5-14(8-12(2,3)15-9)6-11-4-10(13)7-16-11/h4,7,9H,5-6,8H2,1-3H3. The van der Waals surface area contributed by atoms with E-state index >= 15 is 0 Å². The molecule has 1 aliphatic rings. The molecule has 16 heavy (non-hydrogen) atoms. The molecule has 0 bridgehead atoms. The summed E-state index contributed by atoms with van der Waals surface area (Å²) in [6.07, 6.45) is 0.326. The van der Waals surface area contributed by atoms with E-state index in [-0.39, 0.29) is 5.60 Å². The first-order valence-electron chi connectivity index (χ1n) is 5.58. The van der Waals surface area contributed by atoms with Gasteiger partial charge in [-0.3, -0.25) is 4.90 Å². The van der Waals surface area contributed by atoms with Gasteiger partial charge in [0.15, 0.2) is 0 Å². The first kappa shape index (κ1) is 12.6. The minimum atomic E-state index is -0.0217. The third-order valence-electron chi connectivity index (χ3n) is 2.64. The first-order valence-corrected chi connectivity index (χ1v) is 7.25. The molecule has 1 fully saturated rings. The third kappa shape index (κ3) is 3.29. The lowest BCUT2D eigenvalue weighted by Crippen LogP contribution is -2.51. The van der Waals surface area contributed by atoms with Crippen LogP contribution >= 0.6 is 27.3 Å². The number of nitrogens with zero attached hydrogens (tertiary/aromatic N) is 1. The molecule has 0 amide bonds. The number of thiophene rings is 1. The average Bonchev–Trinajstić information content (AvgIpc) is 2.46. The third-order valence-corrected chi connectivity index (χ3v) is 4.32. The maximum atomic E-state index is 5.90. The molecule has 1 aromatic heterocycles. The highest BCUT2D eigenvalue weighted by Crippen LogP contribution is 2.25. The molecule has 0 aliphatic carbocycles. The molecule has 1 saturated heterocycles. The lowest BCUT2D eigenvalue weighted by molar-refractivity contribution is -0.130. The first-order chi connectivity index (χ1) is 7.44. The Kier molecular flexibility index (Phi) is 3.74. The van der Waals surface area contributed by atoms with Gasteiger partial charge in [0.1, 0.15) is 0 Å². The molecule has 1 atom stereocenters. The molecule has 0 N–H and O–H groups in total. The summed E-state index contributed by atoms with van der Waals surface area (Å²) in [5.74, 6) is 0. The van der Waals surface area contributed by atoms with Crippen LogP contribution in [0.1, 0.15) is 25.6 Å². The van der Waals surface area contributed by atoms with Crippen LogP contribution in [0.3, 0.4) is 0 Å². The van der Waals surface area contributed by atoms with E-state index in [0.29, 0.717) is 6.10 Å². The Morgan fingerprint density at radius 2 is 2.38 bits per heavy atom. The minimum absolute atomic E-state index is 0.0217. The van der Waals surface area contributed by atoms with Gasteiger partial charge in [-0.2, -0.15) is 0 Å². The van der Waals surface area contributed by atoms with Gasteiger partial charge in [-0.05, 0) is 42.8 Å². The van der Waals surface area contributed by atoms with Crippen molar-refractivity contribution in [3.05, 3.63) is 20.8 Å². The molecule has 0 spiro atoms. The Labute approximate surface area is 110 Å². The monoisotopic (exact) mass is 303 g/mol. The Balaban J connectivity index is 1.99. The van der Waals surface area contributed by atoms with E-state index in [2.05, 4.69) is 53.0 Å². The van der Waals surface area contributed by atoms with E-state index in [1.165, 1.54) is 9.35 Å². The van der Waals surface area contributed by atoms with Gasteiger partial charge in [-0.15, -0.1) is 11.3 Å². The SMILES string of the molecule is CC1CN(Cc2cc(Br)cs2)CC(C)(C)O1. The molecule has 0 aromatic carbocycles. The minimum Gasteiger partial charge on any atom is -0.370 e. The number of halogens is 1. The highest BCUT2D eigenvalue weighted by Gasteiger charge is 2.31. The number of hydrogen-bond donors (Lipinski definition) is 0. The second-order valence-electron chi connectivity index (χ2n) is 5.09. The Hall–Kier alpha value is 0.1000. The van der Waals surface area contributed by atoms with Crippen molar-refractivity contribution in [2.45, 2.75) is 39.0 Å². The zero-order valence-corrected chi connectivity index (χ0v) is 12.4. The van der Waals surface area contributed by atoms with Crippen molar-refractivity contribution in [1.29, 1.82) is 0 Å². The Morgan fingerprint density at radius 1 is 1.62 bits per heavy atom. The zero-order valence-electron chi connectivity index (χ0n) is 10.00. The molecule has 4 heteroatoms. The Bertz CT molecular complexity index is 364. The van der Waals surface area contributed by atoms with Crippen LogP contribution in [0, 0.1) is 0 Å². The van der Waals surface area contributed by atoms with E-state index in [1.54, 1.807) is 0 Å². The van der Waals surface area contributed by atoms with Gasteiger partial charge in [0, 0.05) is 34.4 Å². The second-order valence-corrected chi connectivity index (χ2v) is 7.00. The molecular weight excluding hydrogens is 286 g/mol. The van der Waals surface area contributed by atoms with Crippen molar-refractivity contribution < 1.29 is 4.74 Å². The van der Waals surface area contributed by atoms with Crippen molar-refractivity contribution in [3.63, 3.8) is 0 Å². The highest BCUT2D eigenvalue weighted by molar-refractivity contribution is 9.10. The van der Waals surface area contributed by atoms with E-state index < -0.39 is 0 Å². The van der Waals surface area contributed by atoms with Crippen LogP contribution in [-0.4, -0.2) is 29.7 Å². The van der Waals surface area contributed by atoms with Crippen molar-refractivity contribution in [3.8, 4) is 0 Å². The maximum Gasteiger partial charge on any atom is 0.0757 e. The van der Waals surface area contributed by atoms with Gasteiger partial charge >= 0.3 is 0 Å². The molecule has 2 nitrogen and oxygen atoms in total. The quantitative estimate of drug-likeness (QED) is 0.829. The molecule has 0 radical (unpaired) electrons. The van der Waals surface area contributed by atoms with Crippen molar-refractivity contribution in [2.24, 2.45) is 0 Å². The molecule has 1 unspecified atom stereocenters. The molecular formula is C12H18BrNOS. The highest BCUT2D eigenvalue weighted by atomic mass is 79.9. The van der Waals surface area contributed by atoms with Gasteiger partial charge < -0.3 is 4.74 Å². The second kappa shape index (κ2) is 4.77. The lowest BCUT2D eigenvalue weighted by Gasteiger charge is -2.41. The summed E-state index contributed by atoms with van der Waals surface area (Å²) in [6.45, 7) is 9.55. The fourth-order valence-corrected chi connectivity index (χ4v) is 3.86. The average molecular weight is 304 g/mol. The summed E-state index contributed by atoms with van der Waals surface area (Å²) in [4.78, 5) is 3.89. The Morgan fingerprint density at radius 3 is 2.94 bits per heavy atom. The van der Waals surface area contributed by atoms with Crippen LogP contribution in [0.2, 0.25) is 0 Å².